The van der Waals surface area contributed by atoms with E-state index in [1.807, 2.05) is 120 Å². The van der Waals surface area contributed by atoms with Gasteiger partial charge in [0.2, 0.25) is 5.91 Å². The molecule has 3 saturated heterocycles. The fourth-order valence-electron chi connectivity index (χ4n) is 14.4. The van der Waals surface area contributed by atoms with E-state index in [0.29, 0.717) is 107 Å². The first kappa shape index (κ1) is 68.6. The summed E-state index contributed by atoms with van der Waals surface area (Å²) in [6.07, 6.45) is 4.85. The summed E-state index contributed by atoms with van der Waals surface area (Å²) in [7, 11) is 1.96. The summed E-state index contributed by atoms with van der Waals surface area (Å²) in [5.41, 5.74) is 22.2. The molecule has 3 spiro atoms. The molecule has 0 radical (unpaired) electrons. The molecule has 0 atom stereocenters. The van der Waals surface area contributed by atoms with Crippen molar-refractivity contribution in [1.29, 1.82) is 0 Å². The van der Waals surface area contributed by atoms with Crippen molar-refractivity contribution in [1.82, 2.24) is 20.0 Å². The number of piperidine rings is 3. The minimum atomic E-state index is -4.52. The summed E-state index contributed by atoms with van der Waals surface area (Å²) in [4.78, 5) is 44.0. The Hall–Kier alpha value is -9.90. The number of halogens is 3. The minimum absolute atomic E-state index is 0.00751. The van der Waals surface area contributed by atoms with Crippen molar-refractivity contribution in [3.8, 4) is 46.0 Å². The number of carbonyl (C=O) groups excluding carboxylic acids is 3. The van der Waals surface area contributed by atoms with Crippen LogP contribution in [0.25, 0.3) is 17.2 Å². The van der Waals surface area contributed by atoms with Gasteiger partial charge in [0.15, 0.2) is 11.5 Å². The zero-order chi connectivity index (χ0) is 69.3. The molecule has 0 aliphatic carbocycles. The Morgan fingerprint density at radius 1 is 0.570 bits per heavy atom. The molecule has 0 bridgehead atoms. The summed E-state index contributed by atoms with van der Waals surface area (Å²) >= 11 is 0.525. The van der Waals surface area contributed by atoms with Crippen LogP contribution < -0.4 is 35.7 Å². The number of nitrogens with two attached hydrogens (primary N) is 2. The molecule has 14 nitrogen and oxygen atoms in total. The maximum atomic E-state index is 13.7. The lowest BCUT2D eigenvalue weighted by molar-refractivity contribution is -0.134. The molecule has 100 heavy (non-hydrogen) atoms. The van der Waals surface area contributed by atoms with Gasteiger partial charge in [-0.15, -0.1) is 11.3 Å². The Bertz CT molecular complexity index is 4460. The number of carbonyl (C=O) groups is 3. The molecule has 6 aliphatic rings. The quantitative estimate of drug-likeness (QED) is 0.0740. The highest BCUT2D eigenvalue weighted by Crippen LogP contribution is 2.50. The number of alkyl halides is 3. The van der Waals surface area contributed by atoms with Crippen molar-refractivity contribution in [3.05, 3.63) is 265 Å². The number of fused-ring (bicyclic) bond motifs is 6. The smallest absolute Gasteiger partial charge is 0.426 e. The Balaban J connectivity index is 0.000000135. The van der Waals surface area contributed by atoms with E-state index in [4.69, 9.17) is 34.8 Å². The monoisotopic (exact) mass is 1370 g/mol. The number of nitrogens with zero attached hydrogens (tertiary/aromatic N) is 3. The normalized spacial score (nSPS) is 16.6. The van der Waals surface area contributed by atoms with Gasteiger partial charge in [-0.05, 0) is 152 Å². The van der Waals surface area contributed by atoms with Crippen LogP contribution in [0.1, 0.15) is 119 Å². The summed E-state index contributed by atoms with van der Waals surface area (Å²) < 4.78 is 70.7. The molecule has 0 unspecified atom stereocenters. The summed E-state index contributed by atoms with van der Waals surface area (Å²) in [6, 6.07) is 59.9. The molecule has 3 fully saturated rings. The Labute approximate surface area is 585 Å². The highest BCUT2D eigenvalue weighted by Gasteiger charge is 2.47. The van der Waals surface area contributed by atoms with Crippen molar-refractivity contribution in [2.75, 3.05) is 72.7 Å². The number of nitrogens with one attached hydrogen (secondary N) is 1. The van der Waals surface area contributed by atoms with Gasteiger partial charge in [-0.3, -0.25) is 14.4 Å². The van der Waals surface area contributed by atoms with Gasteiger partial charge < -0.3 is 54.8 Å². The topological polar surface area (TPSA) is 175 Å². The molecule has 5 N–H and O–H groups in total. The molecule has 6 aliphatic heterocycles. The van der Waals surface area contributed by atoms with E-state index in [0.717, 1.165) is 103 Å². The van der Waals surface area contributed by atoms with Gasteiger partial charge in [-0.25, -0.2) is 0 Å². The van der Waals surface area contributed by atoms with Crippen molar-refractivity contribution in [2.45, 2.75) is 87.0 Å². The van der Waals surface area contributed by atoms with Crippen LogP contribution in [0, 0.1) is 11.8 Å². The van der Waals surface area contributed by atoms with Gasteiger partial charge in [0.1, 0.15) is 27.9 Å². The van der Waals surface area contributed by atoms with Crippen LogP contribution in [0.2, 0.25) is 0 Å². The van der Waals surface area contributed by atoms with E-state index in [2.05, 4.69) is 59.6 Å². The average molecular weight is 1370 g/mol. The summed E-state index contributed by atoms with van der Waals surface area (Å²) in [6.45, 7) is 8.09. The maximum Gasteiger partial charge on any atom is 0.426 e. The van der Waals surface area contributed by atoms with E-state index < -0.39 is 11.1 Å². The van der Waals surface area contributed by atoms with Gasteiger partial charge >= 0.3 is 6.18 Å². The number of furan rings is 1. The van der Waals surface area contributed by atoms with E-state index in [-0.39, 0.29) is 44.4 Å². The van der Waals surface area contributed by atoms with Crippen LogP contribution in [-0.2, 0) is 53.3 Å². The van der Waals surface area contributed by atoms with Gasteiger partial charge in [0, 0.05) is 115 Å². The number of thiophene rings is 1. The molecule has 8 heterocycles. The lowest BCUT2D eigenvalue weighted by Gasteiger charge is -2.38. The first-order valence-electron chi connectivity index (χ1n) is 34.2. The second-order valence-electron chi connectivity index (χ2n) is 26.5. The van der Waals surface area contributed by atoms with Gasteiger partial charge in [-0.1, -0.05) is 133 Å². The Kier molecular flexibility index (Phi) is 20.8. The number of hydrogen-bond acceptors (Lipinski definition) is 12. The highest BCUT2D eigenvalue weighted by atomic mass is 32.1. The van der Waals surface area contributed by atoms with E-state index in [1.165, 1.54) is 28.3 Å². The predicted octanol–water partition coefficient (Wildman–Crippen LogP) is 14.2. The zero-order valence-corrected chi connectivity index (χ0v) is 56.8. The minimum Gasteiger partial charge on any atom is -0.493 e. The number of amides is 3. The summed E-state index contributed by atoms with van der Waals surface area (Å²) in [5.74, 6) is 10.1. The largest absolute Gasteiger partial charge is 0.493 e. The number of benzene rings is 7. The van der Waals surface area contributed by atoms with Crippen LogP contribution in [0.5, 0.6) is 23.0 Å². The van der Waals surface area contributed by atoms with E-state index in [1.54, 1.807) is 53.4 Å². The van der Waals surface area contributed by atoms with Crippen molar-refractivity contribution < 1.29 is 50.9 Å². The Morgan fingerprint density at radius 3 is 1.64 bits per heavy atom. The third kappa shape index (κ3) is 15.3. The lowest BCUT2D eigenvalue weighted by atomic mass is 9.74. The van der Waals surface area contributed by atoms with Crippen molar-refractivity contribution >= 4 is 35.1 Å². The number of likely N-dealkylation sites (tertiary alicyclic amines) is 3. The lowest BCUT2D eigenvalue weighted by Crippen LogP contribution is -2.46. The predicted molar refractivity (Wildman–Crippen MR) is 382 cm³/mol. The van der Waals surface area contributed by atoms with Gasteiger partial charge in [-0.2, -0.15) is 13.2 Å². The standard InChI is InChI=1S/C30H32N2O3.C27H26N2O3.C25H23F3N2O2S/c31-21-25-9-11-28-27(20-25)30(22-35-28)14-16-32(17-15-30)29(33)12-10-24-7-4-8-26(19-24)34-18-13-23-5-2-1-3-6-23;1-28-18-21-8-11-24-23(17-21)27(19-31-24)13-15-29(16-14-27)26(30)25-12-10-22(32-25)9-7-20-5-3-2-4-6-20;26-25(27,28)22-18(17-4-2-1-3-5-17)13-21(33-22)23(31)30-10-8-24(9-11-30)15-32-20-7-6-16(14-29)12-19(20)24/h1-12,19-20H,13-18,21-22,31H2;2-6,8,10-12,17,28H,13-16,18-19H2,1H3;1-7,12-13H,8-11,14-15,29H2/b12-10+;;. The molecule has 2 aromatic heterocycles. The van der Waals surface area contributed by atoms with Gasteiger partial charge in [0.25, 0.3) is 11.8 Å². The van der Waals surface area contributed by atoms with Gasteiger partial charge in [0.05, 0.1) is 31.3 Å². The summed E-state index contributed by atoms with van der Waals surface area (Å²) in [5, 5.41) is 3.21. The second-order valence-corrected chi connectivity index (χ2v) is 27.6. The zero-order valence-electron chi connectivity index (χ0n) is 56.0. The second kappa shape index (κ2) is 30.3. The SMILES string of the molecule is CNCc1ccc2c(c1)C1(CCN(C(=O)c3ccc(C#Cc4ccccc4)o3)CC1)CO2.NCc1ccc2c(c1)C1(CCN(C(=O)/C=C/c3cccc(OCCc4ccccc4)c3)CC1)CO2.NCc1ccc2c(c1)C1(CCN(C(=O)c3cc(-c4ccccc4)c(C(F)(F)F)s3)CC1)CO2. The number of ether oxygens (including phenoxy) is 4. The van der Waals surface area contributed by atoms with E-state index in [9.17, 15) is 27.6 Å². The average Bonchev–Trinajstić information content (AvgIpc) is 1.59. The molecule has 514 valence electrons. The number of rotatable bonds is 13. The maximum absolute atomic E-state index is 13.7. The molecule has 7 aromatic carbocycles. The van der Waals surface area contributed by atoms with Crippen molar-refractivity contribution in [3.63, 3.8) is 0 Å². The van der Waals surface area contributed by atoms with Crippen LogP contribution in [0.4, 0.5) is 13.2 Å². The molecule has 18 heteroatoms. The molecule has 15 rings (SSSR count). The molecule has 0 saturated carbocycles. The van der Waals surface area contributed by atoms with Crippen LogP contribution in [0.15, 0.2) is 199 Å². The first-order valence-corrected chi connectivity index (χ1v) is 35.0. The van der Waals surface area contributed by atoms with Crippen LogP contribution in [0.3, 0.4) is 0 Å². The first-order chi connectivity index (χ1) is 48.6. The fourth-order valence-corrected chi connectivity index (χ4v) is 15.4. The highest BCUT2D eigenvalue weighted by molar-refractivity contribution is 7.14. The molecule has 3 amide bonds. The van der Waals surface area contributed by atoms with Crippen molar-refractivity contribution in [2.24, 2.45) is 11.5 Å². The third-order valence-electron chi connectivity index (χ3n) is 20.2. The molecular weight excluding hydrogens is 1290 g/mol. The molecular formula is C82H81F3N6O8S. The Morgan fingerprint density at radius 2 is 1.09 bits per heavy atom. The fraction of sp³-hybridized carbons (Fsp3) is 0.305. The molecule has 9 aromatic rings. The van der Waals surface area contributed by atoms with Crippen LogP contribution >= 0.6 is 11.3 Å². The third-order valence-corrected chi connectivity index (χ3v) is 21.4. The van der Waals surface area contributed by atoms with Crippen LogP contribution in [-0.4, -0.2) is 105 Å². The van der Waals surface area contributed by atoms with E-state index >= 15 is 0 Å². The number of hydrogen-bond donors (Lipinski definition) is 3.